The summed E-state index contributed by atoms with van der Waals surface area (Å²) < 4.78 is 5.30. The van der Waals surface area contributed by atoms with Gasteiger partial charge < -0.3 is 14.5 Å². The van der Waals surface area contributed by atoms with Crippen LogP contribution in [-0.2, 0) is 9.59 Å². The van der Waals surface area contributed by atoms with Crippen LogP contribution in [0.5, 0.6) is 5.75 Å². The minimum atomic E-state index is -0.490. The monoisotopic (exact) mass is 450 g/mol. The Labute approximate surface area is 194 Å². The van der Waals surface area contributed by atoms with E-state index in [-0.39, 0.29) is 11.8 Å². The Balaban J connectivity index is 1.16. The van der Waals surface area contributed by atoms with Crippen LogP contribution in [0.3, 0.4) is 0 Å². The number of hydrogen-bond donors (Lipinski definition) is 0. The van der Waals surface area contributed by atoms with Gasteiger partial charge >= 0.3 is 6.03 Å². The van der Waals surface area contributed by atoms with Gasteiger partial charge in [-0.15, -0.1) is 0 Å². The Morgan fingerprint density at radius 2 is 1.91 bits per heavy atom. The lowest BCUT2D eigenvalue weighted by Crippen LogP contribution is -2.48. The summed E-state index contributed by atoms with van der Waals surface area (Å²) in [5.41, 5.74) is 1.63. The van der Waals surface area contributed by atoms with E-state index >= 15 is 0 Å². The molecule has 2 aliphatic heterocycles. The van der Waals surface area contributed by atoms with Crippen LogP contribution in [0.4, 0.5) is 10.5 Å². The normalized spacial score (nSPS) is 20.1. The number of ether oxygens (including phenoxy) is 1. The summed E-state index contributed by atoms with van der Waals surface area (Å²) in [7, 11) is 1.66. The van der Waals surface area contributed by atoms with Gasteiger partial charge in [-0.2, -0.15) is 4.99 Å². The zero-order valence-corrected chi connectivity index (χ0v) is 19.0. The third kappa shape index (κ3) is 5.32. The molecule has 1 aromatic carbocycles. The molecule has 0 radical (unpaired) electrons. The first kappa shape index (κ1) is 22.8. The lowest BCUT2D eigenvalue weighted by atomic mass is 9.95. The number of urea groups is 1. The van der Waals surface area contributed by atoms with E-state index in [1.165, 1.54) is 4.90 Å². The Morgan fingerprint density at radius 3 is 2.70 bits per heavy atom. The fourth-order valence-corrected chi connectivity index (χ4v) is 4.39. The van der Waals surface area contributed by atoms with E-state index in [1.807, 2.05) is 23.1 Å². The van der Waals surface area contributed by atoms with Gasteiger partial charge in [-0.1, -0.05) is 30.7 Å². The van der Waals surface area contributed by atoms with Gasteiger partial charge in [-0.25, -0.2) is 4.79 Å². The molecule has 0 aromatic heterocycles. The van der Waals surface area contributed by atoms with Crippen LogP contribution in [-0.4, -0.2) is 73.2 Å². The number of hydrogen-bond acceptors (Lipinski definition) is 5. The Hall–Kier alpha value is -3.42. The largest absolute Gasteiger partial charge is 0.497 e. The molecule has 0 spiro atoms. The van der Waals surface area contributed by atoms with Crippen molar-refractivity contribution in [2.24, 2.45) is 10.9 Å². The Morgan fingerprint density at radius 1 is 1.09 bits per heavy atom. The number of rotatable bonds is 8. The molecule has 0 bridgehead atoms. The van der Waals surface area contributed by atoms with Gasteiger partial charge in [-0.05, 0) is 31.1 Å². The zero-order chi connectivity index (χ0) is 23.2. The Bertz CT molecular complexity index is 992. The summed E-state index contributed by atoms with van der Waals surface area (Å²) >= 11 is 0. The minimum absolute atomic E-state index is 0.166. The Kier molecular flexibility index (Phi) is 7.22. The quantitative estimate of drug-likeness (QED) is 0.569. The van der Waals surface area contributed by atoms with Gasteiger partial charge in [-0.3, -0.25) is 14.5 Å². The first-order valence-corrected chi connectivity index (χ1v) is 11.5. The first-order chi connectivity index (χ1) is 16.1. The van der Waals surface area contributed by atoms with Crippen LogP contribution in [0, 0.1) is 5.92 Å². The maximum atomic E-state index is 12.6. The second-order valence-electron chi connectivity index (χ2n) is 8.41. The predicted molar refractivity (Wildman–Crippen MR) is 127 cm³/mol. The molecule has 4 rings (SSSR count). The van der Waals surface area contributed by atoms with E-state index in [9.17, 15) is 14.4 Å². The van der Waals surface area contributed by atoms with Gasteiger partial charge in [0.15, 0.2) is 0 Å². The third-order valence-corrected chi connectivity index (χ3v) is 6.31. The molecular formula is C25H30N4O4. The number of aliphatic imine (C=N–C) groups is 1. The number of allylic oxidation sites excluding steroid dienone is 3. The van der Waals surface area contributed by atoms with Gasteiger partial charge in [0.1, 0.15) is 5.75 Å². The first-order valence-electron chi connectivity index (χ1n) is 11.5. The molecule has 1 aromatic rings. The summed E-state index contributed by atoms with van der Waals surface area (Å²) in [4.78, 5) is 46.8. The summed E-state index contributed by atoms with van der Waals surface area (Å²) in [5, 5.41) is 0. The van der Waals surface area contributed by atoms with Crippen LogP contribution in [0.25, 0.3) is 0 Å². The van der Waals surface area contributed by atoms with Crippen molar-refractivity contribution >= 4 is 29.2 Å². The molecule has 1 atom stereocenters. The molecule has 174 valence electrons. The fourth-order valence-electron chi connectivity index (χ4n) is 4.39. The molecule has 1 saturated heterocycles. The summed E-state index contributed by atoms with van der Waals surface area (Å²) in [6.45, 7) is 3.35. The molecule has 0 saturated carbocycles. The van der Waals surface area contributed by atoms with Crippen LogP contribution in [0.1, 0.15) is 25.7 Å². The van der Waals surface area contributed by atoms with Crippen LogP contribution < -0.4 is 9.64 Å². The number of anilines is 1. The number of nitrogens with zero attached hydrogens (tertiary/aromatic N) is 4. The molecule has 8 nitrogen and oxygen atoms in total. The standard InChI is InChI=1S/C25H30N4O4/c1-33-20-9-7-8-19(18-20)27-14-16-28(17-15-27)23(30)12-3-2-6-13-29-24(31)21-10-4-5-11-22(21)26-25(29)32/h4-5,7-11,18,21H,2-3,6,12-17H2,1H3. The van der Waals surface area contributed by atoms with Crippen molar-refractivity contribution < 1.29 is 19.1 Å². The fraction of sp³-hybridized carbons (Fsp3) is 0.440. The van der Waals surface area contributed by atoms with Crippen molar-refractivity contribution in [3.8, 4) is 5.75 Å². The molecule has 1 aliphatic carbocycles. The summed E-state index contributed by atoms with van der Waals surface area (Å²) in [6, 6.07) is 7.49. The zero-order valence-electron chi connectivity index (χ0n) is 19.0. The van der Waals surface area contributed by atoms with Crippen molar-refractivity contribution in [2.75, 3.05) is 44.7 Å². The van der Waals surface area contributed by atoms with Crippen molar-refractivity contribution in [3.63, 3.8) is 0 Å². The van der Waals surface area contributed by atoms with Gasteiger partial charge in [0, 0.05) is 50.9 Å². The second kappa shape index (κ2) is 10.5. The second-order valence-corrected chi connectivity index (χ2v) is 8.41. The molecule has 8 heteroatoms. The number of unbranched alkanes of at least 4 members (excludes halogenated alkanes) is 2. The number of methoxy groups -OCH3 is 1. The highest BCUT2D eigenvalue weighted by Crippen LogP contribution is 2.23. The van der Waals surface area contributed by atoms with E-state index in [0.29, 0.717) is 38.2 Å². The molecule has 1 unspecified atom stereocenters. The summed E-state index contributed by atoms with van der Waals surface area (Å²) in [6.07, 6.45) is 9.74. The van der Waals surface area contributed by atoms with E-state index in [0.717, 1.165) is 37.4 Å². The van der Waals surface area contributed by atoms with Crippen molar-refractivity contribution in [3.05, 3.63) is 48.6 Å². The topological polar surface area (TPSA) is 82.5 Å². The average Bonchev–Trinajstić information content (AvgIpc) is 2.85. The number of carbonyl (C=O) groups excluding carboxylic acids is 3. The van der Waals surface area contributed by atoms with Gasteiger partial charge in [0.05, 0.1) is 18.7 Å². The highest BCUT2D eigenvalue weighted by atomic mass is 16.5. The SMILES string of the molecule is COc1cccc(N2CCN(C(=O)CCCCCN3C(=O)N=C4C=CC=CC4C3=O)CC2)c1. The molecule has 4 amide bonds. The van der Waals surface area contributed by atoms with Crippen molar-refractivity contribution in [1.82, 2.24) is 9.80 Å². The lowest BCUT2D eigenvalue weighted by Gasteiger charge is -2.36. The highest BCUT2D eigenvalue weighted by molar-refractivity contribution is 6.21. The maximum absolute atomic E-state index is 12.6. The highest BCUT2D eigenvalue weighted by Gasteiger charge is 2.35. The predicted octanol–water partition coefficient (Wildman–Crippen LogP) is 3.05. The van der Waals surface area contributed by atoms with Crippen molar-refractivity contribution in [1.29, 1.82) is 0 Å². The number of fused-ring (bicyclic) bond motifs is 1. The van der Waals surface area contributed by atoms with Crippen LogP contribution in [0.2, 0.25) is 0 Å². The molecule has 33 heavy (non-hydrogen) atoms. The minimum Gasteiger partial charge on any atom is -0.497 e. The van der Waals surface area contributed by atoms with E-state index in [1.54, 1.807) is 31.4 Å². The van der Waals surface area contributed by atoms with Gasteiger partial charge in [0.25, 0.3) is 0 Å². The molecule has 2 heterocycles. The number of piperazine rings is 1. The van der Waals surface area contributed by atoms with Crippen molar-refractivity contribution in [2.45, 2.75) is 25.7 Å². The van der Waals surface area contributed by atoms with Gasteiger partial charge in [0.2, 0.25) is 11.8 Å². The number of imide groups is 1. The van der Waals surface area contributed by atoms with Crippen LogP contribution in [0.15, 0.2) is 53.6 Å². The molecule has 0 N–H and O–H groups in total. The average molecular weight is 451 g/mol. The van der Waals surface area contributed by atoms with E-state index in [4.69, 9.17) is 4.74 Å². The smallest absolute Gasteiger partial charge is 0.350 e. The third-order valence-electron chi connectivity index (χ3n) is 6.31. The number of benzene rings is 1. The van der Waals surface area contributed by atoms with E-state index in [2.05, 4.69) is 16.0 Å². The van der Waals surface area contributed by atoms with E-state index < -0.39 is 11.9 Å². The maximum Gasteiger partial charge on any atom is 0.350 e. The summed E-state index contributed by atoms with van der Waals surface area (Å²) in [5.74, 6) is 0.331. The molecular weight excluding hydrogens is 420 g/mol. The number of amides is 4. The van der Waals surface area contributed by atoms with Crippen LogP contribution >= 0.6 is 0 Å². The molecule has 1 fully saturated rings. The lowest BCUT2D eigenvalue weighted by molar-refractivity contribution is -0.132. The molecule has 3 aliphatic rings. The number of carbonyl (C=O) groups is 3.